The van der Waals surface area contributed by atoms with Gasteiger partial charge in [0.05, 0.1) is 13.2 Å². The molecule has 0 aromatic heterocycles. The first-order valence-electron chi connectivity index (χ1n) is 11.1. The van der Waals surface area contributed by atoms with E-state index in [2.05, 4.69) is 66.8 Å². The van der Waals surface area contributed by atoms with Crippen LogP contribution in [0.5, 0.6) is 5.75 Å². The summed E-state index contributed by atoms with van der Waals surface area (Å²) in [7, 11) is 1.69. The molecule has 4 rings (SSSR count). The first-order valence-corrected chi connectivity index (χ1v) is 12.1. The Balaban J connectivity index is 1.43. The van der Waals surface area contributed by atoms with Crippen molar-refractivity contribution in [3.8, 4) is 5.75 Å². The second-order valence-corrected chi connectivity index (χ2v) is 9.17. The third-order valence-electron chi connectivity index (χ3n) is 5.92. The van der Waals surface area contributed by atoms with Gasteiger partial charge in [-0.3, -0.25) is 4.79 Å². The van der Waals surface area contributed by atoms with E-state index >= 15 is 0 Å². The molecule has 3 aromatic carbocycles. The summed E-state index contributed by atoms with van der Waals surface area (Å²) in [5.41, 5.74) is 4.59. The number of hydrogen-bond donors (Lipinski definition) is 1. The van der Waals surface area contributed by atoms with E-state index in [1.807, 2.05) is 41.8 Å². The molecule has 0 unspecified atom stereocenters. The van der Waals surface area contributed by atoms with Crippen molar-refractivity contribution >= 4 is 29.0 Å². The minimum absolute atomic E-state index is 0.161. The van der Waals surface area contributed by atoms with Crippen molar-refractivity contribution in [3.63, 3.8) is 0 Å². The number of rotatable bonds is 7. The molecule has 0 radical (unpaired) electrons. The number of carbonyl (C=O) groups is 1. The van der Waals surface area contributed by atoms with Crippen LogP contribution in [0.15, 0.2) is 77.7 Å². The van der Waals surface area contributed by atoms with Crippen LogP contribution in [0.25, 0.3) is 0 Å². The largest absolute Gasteiger partial charge is 0.497 e. The van der Waals surface area contributed by atoms with Gasteiger partial charge in [-0.15, -0.1) is 11.8 Å². The van der Waals surface area contributed by atoms with E-state index in [1.54, 1.807) is 7.11 Å². The van der Waals surface area contributed by atoms with Gasteiger partial charge in [0, 0.05) is 34.5 Å². The lowest BCUT2D eigenvalue weighted by Crippen LogP contribution is -2.44. The van der Waals surface area contributed by atoms with Gasteiger partial charge in [0.15, 0.2) is 0 Å². The van der Waals surface area contributed by atoms with Crippen LogP contribution in [0.3, 0.4) is 0 Å². The normalized spacial score (nSPS) is 17.5. The second-order valence-electron chi connectivity index (χ2n) is 8.12. The predicted molar refractivity (Wildman–Crippen MR) is 134 cm³/mol. The number of nitrogens with zero attached hydrogens (tertiary/aromatic N) is 1. The van der Waals surface area contributed by atoms with Gasteiger partial charge in [-0.05, 0) is 66.9 Å². The van der Waals surface area contributed by atoms with Gasteiger partial charge >= 0.3 is 0 Å². The monoisotopic (exact) mass is 446 g/mol. The number of amides is 1. The summed E-state index contributed by atoms with van der Waals surface area (Å²) < 4.78 is 5.23. The molecular formula is C27H30N2O2S. The molecule has 0 aliphatic carbocycles. The minimum atomic E-state index is 0.161. The summed E-state index contributed by atoms with van der Waals surface area (Å²) in [5, 5.41) is 3.70. The van der Waals surface area contributed by atoms with Crippen LogP contribution in [-0.4, -0.2) is 19.1 Å². The van der Waals surface area contributed by atoms with Gasteiger partial charge in [-0.1, -0.05) is 37.3 Å². The summed E-state index contributed by atoms with van der Waals surface area (Å²) in [6.07, 6.45) is 1.41. The number of ether oxygens (including phenoxy) is 1. The standard InChI is InChI=1S/C27H30N2O2S/c1-4-27(30)29-19(2)17-25(24-7-5-6-8-26(24)29)28-21-11-15-23(16-12-21)32-18-20-9-13-22(31-3)14-10-20/h5-16,19,25,28H,4,17-18H2,1-3H3/t19-,25+/m0/s1. The molecule has 1 N–H and O–H groups in total. The number of hydrogen-bond acceptors (Lipinski definition) is 4. The minimum Gasteiger partial charge on any atom is -0.497 e. The maximum Gasteiger partial charge on any atom is 0.226 e. The van der Waals surface area contributed by atoms with Crippen LogP contribution < -0.4 is 15.0 Å². The molecule has 1 aliphatic heterocycles. The highest BCUT2D eigenvalue weighted by Gasteiger charge is 2.32. The number of para-hydroxylation sites is 1. The van der Waals surface area contributed by atoms with E-state index < -0.39 is 0 Å². The molecule has 0 bridgehead atoms. The van der Waals surface area contributed by atoms with Gasteiger partial charge in [-0.25, -0.2) is 0 Å². The Morgan fingerprint density at radius 1 is 1.06 bits per heavy atom. The summed E-state index contributed by atoms with van der Waals surface area (Å²) >= 11 is 1.82. The Labute approximate surface area is 195 Å². The molecule has 166 valence electrons. The molecule has 4 nitrogen and oxygen atoms in total. The highest BCUT2D eigenvalue weighted by molar-refractivity contribution is 7.98. The van der Waals surface area contributed by atoms with Gasteiger partial charge in [0.2, 0.25) is 5.91 Å². The van der Waals surface area contributed by atoms with E-state index in [-0.39, 0.29) is 18.0 Å². The zero-order chi connectivity index (χ0) is 22.5. The average Bonchev–Trinajstić information content (AvgIpc) is 2.83. The highest BCUT2D eigenvalue weighted by atomic mass is 32.2. The smallest absolute Gasteiger partial charge is 0.226 e. The highest BCUT2D eigenvalue weighted by Crippen LogP contribution is 2.39. The Morgan fingerprint density at radius 2 is 1.78 bits per heavy atom. The van der Waals surface area contributed by atoms with Crippen molar-refractivity contribution in [2.24, 2.45) is 0 Å². The number of fused-ring (bicyclic) bond motifs is 1. The van der Waals surface area contributed by atoms with Crippen LogP contribution in [0.1, 0.15) is 43.9 Å². The summed E-state index contributed by atoms with van der Waals surface area (Å²) in [4.78, 5) is 15.7. The molecule has 2 atom stereocenters. The van der Waals surface area contributed by atoms with E-state index in [9.17, 15) is 4.79 Å². The number of methoxy groups -OCH3 is 1. The maximum atomic E-state index is 12.5. The van der Waals surface area contributed by atoms with Crippen LogP contribution in [0, 0.1) is 0 Å². The molecule has 0 saturated carbocycles. The fraction of sp³-hybridized carbons (Fsp3) is 0.296. The Bertz CT molecular complexity index is 1050. The lowest BCUT2D eigenvalue weighted by molar-refractivity contribution is -0.118. The number of benzene rings is 3. The van der Waals surface area contributed by atoms with Gasteiger partial charge in [-0.2, -0.15) is 0 Å². The molecule has 1 heterocycles. The first kappa shape index (κ1) is 22.3. The first-order chi connectivity index (χ1) is 15.6. The zero-order valence-corrected chi connectivity index (χ0v) is 19.7. The second kappa shape index (κ2) is 10.1. The molecule has 3 aromatic rings. The number of carbonyl (C=O) groups excluding carboxylic acids is 1. The third-order valence-corrected chi connectivity index (χ3v) is 7.00. The fourth-order valence-electron chi connectivity index (χ4n) is 4.24. The number of anilines is 2. The van der Waals surface area contributed by atoms with Gasteiger partial charge in [0.1, 0.15) is 5.75 Å². The summed E-state index contributed by atoms with van der Waals surface area (Å²) in [5.74, 6) is 1.99. The summed E-state index contributed by atoms with van der Waals surface area (Å²) in [6, 6.07) is 25.4. The lowest BCUT2D eigenvalue weighted by atomic mass is 9.91. The molecule has 0 saturated heterocycles. The quantitative estimate of drug-likeness (QED) is 0.411. The van der Waals surface area contributed by atoms with Crippen molar-refractivity contribution < 1.29 is 9.53 Å². The SMILES string of the molecule is CCC(=O)N1c2ccccc2[C@H](Nc2ccc(SCc3ccc(OC)cc3)cc2)C[C@@H]1C. The zero-order valence-electron chi connectivity index (χ0n) is 18.9. The maximum absolute atomic E-state index is 12.5. The van der Waals surface area contributed by atoms with Crippen LogP contribution in [0.2, 0.25) is 0 Å². The van der Waals surface area contributed by atoms with Gasteiger partial charge in [0.25, 0.3) is 0 Å². The lowest BCUT2D eigenvalue weighted by Gasteiger charge is -2.40. The van der Waals surface area contributed by atoms with E-state index in [0.717, 1.165) is 29.3 Å². The predicted octanol–water partition coefficient (Wildman–Crippen LogP) is 6.68. The van der Waals surface area contributed by atoms with Crippen molar-refractivity contribution in [3.05, 3.63) is 83.9 Å². The fourth-order valence-corrected chi connectivity index (χ4v) is 5.09. The van der Waals surface area contributed by atoms with Crippen LogP contribution in [-0.2, 0) is 10.5 Å². The third kappa shape index (κ3) is 4.94. The molecule has 1 amide bonds. The van der Waals surface area contributed by atoms with Crippen molar-refractivity contribution in [1.29, 1.82) is 0 Å². The number of nitrogens with one attached hydrogen (secondary N) is 1. The Kier molecular flexibility index (Phi) is 7.05. The molecule has 0 fully saturated rings. The molecule has 1 aliphatic rings. The molecule has 32 heavy (non-hydrogen) atoms. The van der Waals surface area contributed by atoms with E-state index in [1.165, 1.54) is 16.0 Å². The topological polar surface area (TPSA) is 41.6 Å². The van der Waals surface area contributed by atoms with Crippen molar-refractivity contribution in [2.75, 3.05) is 17.3 Å². The number of thioether (sulfide) groups is 1. The Morgan fingerprint density at radius 3 is 2.47 bits per heavy atom. The van der Waals surface area contributed by atoms with Crippen LogP contribution >= 0.6 is 11.8 Å². The molecule has 5 heteroatoms. The van der Waals surface area contributed by atoms with Crippen molar-refractivity contribution in [1.82, 2.24) is 0 Å². The average molecular weight is 447 g/mol. The Hall–Kier alpha value is -2.92. The van der Waals surface area contributed by atoms with Crippen LogP contribution in [0.4, 0.5) is 11.4 Å². The van der Waals surface area contributed by atoms with Gasteiger partial charge < -0.3 is 15.0 Å². The summed E-state index contributed by atoms with van der Waals surface area (Å²) in [6.45, 7) is 4.06. The molecular weight excluding hydrogens is 416 g/mol. The van der Waals surface area contributed by atoms with E-state index in [4.69, 9.17) is 4.74 Å². The van der Waals surface area contributed by atoms with Crippen molar-refractivity contribution in [2.45, 2.75) is 49.4 Å². The van der Waals surface area contributed by atoms with E-state index in [0.29, 0.717) is 6.42 Å². The molecule has 0 spiro atoms.